The van der Waals surface area contributed by atoms with Gasteiger partial charge in [-0.3, -0.25) is 4.68 Å². The summed E-state index contributed by atoms with van der Waals surface area (Å²) in [4.78, 5) is 0. The topological polar surface area (TPSA) is 55.9 Å². The lowest BCUT2D eigenvalue weighted by atomic mass is 10.1. The Hall–Kier alpha value is -2.40. The van der Waals surface area contributed by atoms with Crippen LogP contribution in [0.15, 0.2) is 53.3 Å². The molecule has 0 amide bonds. The van der Waals surface area contributed by atoms with Gasteiger partial charge in [-0.2, -0.15) is 5.10 Å². The molecule has 22 heavy (non-hydrogen) atoms. The Labute approximate surface area is 129 Å². The zero-order chi connectivity index (χ0) is 15.4. The van der Waals surface area contributed by atoms with Gasteiger partial charge in [0.05, 0.1) is 13.1 Å². The molecule has 0 fully saturated rings. The summed E-state index contributed by atoms with van der Waals surface area (Å²) in [5.41, 5.74) is 3.18. The summed E-state index contributed by atoms with van der Waals surface area (Å²) in [6.45, 7) is 5.68. The first-order valence-electron chi connectivity index (χ1n) is 7.44. The number of hydrogen-bond acceptors (Lipinski definition) is 4. The van der Waals surface area contributed by atoms with E-state index in [9.17, 15) is 0 Å². The predicted octanol–water partition coefficient (Wildman–Crippen LogP) is 3.02. The summed E-state index contributed by atoms with van der Waals surface area (Å²) in [7, 11) is 0. The lowest BCUT2D eigenvalue weighted by Gasteiger charge is -2.12. The fourth-order valence-electron chi connectivity index (χ4n) is 2.29. The summed E-state index contributed by atoms with van der Waals surface area (Å²) in [5, 5.41) is 11.8. The maximum absolute atomic E-state index is 5.40. The first-order valence-corrected chi connectivity index (χ1v) is 7.44. The number of nitrogens with one attached hydrogen (secondary N) is 1. The molecule has 0 radical (unpaired) electrons. The van der Waals surface area contributed by atoms with E-state index in [4.69, 9.17) is 4.52 Å². The van der Waals surface area contributed by atoms with Gasteiger partial charge in [0.15, 0.2) is 5.76 Å². The number of aromatic nitrogens is 3. The Kier molecular flexibility index (Phi) is 4.34. The van der Waals surface area contributed by atoms with E-state index in [1.165, 1.54) is 5.56 Å². The molecule has 0 saturated heterocycles. The maximum Gasteiger partial charge on any atom is 0.151 e. The quantitative estimate of drug-likeness (QED) is 0.759. The second-order valence-electron chi connectivity index (χ2n) is 5.55. The van der Waals surface area contributed by atoms with Crippen molar-refractivity contribution in [3.63, 3.8) is 0 Å². The number of nitrogens with zero attached hydrogens (tertiary/aromatic N) is 3. The minimum atomic E-state index is 0.299. The second kappa shape index (κ2) is 6.58. The van der Waals surface area contributed by atoms with Crippen molar-refractivity contribution in [3.8, 4) is 11.3 Å². The second-order valence-corrected chi connectivity index (χ2v) is 5.55. The highest BCUT2D eigenvalue weighted by atomic mass is 16.5. The SMILES string of the molecule is Cc1ccc(-c2cc(CN[C@H](C)Cn3cccn3)on2)cc1. The highest BCUT2D eigenvalue weighted by Gasteiger charge is 2.08. The number of hydrogen-bond donors (Lipinski definition) is 1. The summed E-state index contributed by atoms with van der Waals surface area (Å²) >= 11 is 0. The van der Waals surface area contributed by atoms with Crippen molar-refractivity contribution in [1.29, 1.82) is 0 Å². The molecule has 3 aromatic rings. The van der Waals surface area contributed by atoms with Crippen molar-refractivity contribution in [1.82, 2.24) is 20.3 Å². The molecule has 0 aliphatic carbocycles. The number of rotatable bonds is 6. The van der Waals surface area contributed by atoms with Gasteiger partial charge in [0.1, 0.15) is 5.69 Å². The minimum Gasteiger partial charge on any atom is -0.359 e. The first kappa shape index (κ1) is 14.5. The molecule has 2 heterocycles. The third-order valence-electron chi connectivity index (χ3n) is 3.55. The van der Waals surface area contributed by atoms with E-state index < -0.39 is 0 Å². The predicted molar refractivity (Wildman–Crippen MR) is 85.2 cm³/mol. The van der Waals surface area contributed by atoms with Gasteiger partial charge >= 0.3 is 0 Å². The molecule has 114 valence electrons. The Bertz CT molecular complexity index is 701. The summed E-state index contributed by atoms with van der Waals surface area (Å²) in [5.74, 6) is 0.836. The van der Waals surface area contributed by atoms with Gasteiger partial charge in [0, 0.05) is 30.1 Å². The van der Waals surface area contributed by atoms with Gasteiger partial charge < -0.3 is 9.84 Å². The van der Waals surface area contributed by atoms with E-state index in [0.29, 0.717) is 12.6 Å². The van der Waals surface area contributed by atoms with Gasteiger partial charge in [-0.1, -0.05) is 35.0 Å². The van der Waals surface area contributed by atoms with Crippen molar-refractivity contribution in [2.75, 3.05) is 0 Å². The van der Waals surface area contributed by atoms with Crippen molar-refractivity contribution in [3.05, 3.63) is 60.1 Å². The standard InChI is InChI=1S/C17H20N4O/c1-13-4-6-15(7-5-13)17-10-16(22-20-17)11-18-14(2)12-21-9-3-8-19-21/h3-10,14,18H,11-12H2,1-2H3/t14-/m1/s1. The van der Waals surface area contributed by atoms with Crippen LogP contribution in [0.1, 0.15) is 18.2 Å². The fourth-order valence-corrected chi connectivity index (χ4v) is 2.29. The maximum atomic E-state index is 5.40. The van der Waals surface area contributed by atoms with Crippen LogP contribution in [0.5, 0.6) is 0 Å². The molecule has 0 aliphatic rings. The van der Waals surface area contributed by atoms with Gasteiger partial charge in [0.25, 0.3) is 0 Å². The lowest BCUT2D eigenvalue weighted by molar-refractivity contribution is 0.357. The Morgan fingerprint density at radius 3 is 2.82 bits per heavy atom. The van der Waals surface area contributed by atoms with E-state index in [-0.39, 0.29) is 0 Å². The molecule has 1 aromatic carbocycles. The molecule has 0 aliphatic heterocycles. The van der Waals surface area contributed by atoms with Crippen molar-refractivity contribution < 1.29 is 4.52 Å². The zero-order valence-corrected chi connectivity index (χ0v) is 12.9. The average molecular weight is 296 g/mol. The molecule has 1 atom stereocenters. The Balaban J connectivity index is 1.56. The van der Waals surface area contributed by atoms with Gasteiger partial charge in [-0.05, 0) is 19.9 Å². The molecule has 1 N–H and O–H groups in total. The largest absolute Gasteiger partial charge is 0.359 e. The van der Waals surface area contributed by atoms with Crippen molar-refractivity contribution in [2.45, 2.75) is 33.0 Å². The molecule has 3 rings (SSSR count). The van der Waals surface area contributed by atoms with Crippen molar-refractivity contribution >= 4 is 0 Å². The minimum absolute atomic E-state index is 0.299. The third kappa shape index (κ3) is 3.62. The van der Waals surface area contributed by atoms with Gasteiger partial charge in [-0.25, -0.2) is 0 Å². The van der Waals surface area contributed by atoms with Crippen LogP contribution in [0, 0.1) is 6.92 Å². The molecule has 5 nitrogen and oxygen atoms in total. The van der Waals surface area contributed by atoms with Gasteiger partial charge in [0.2, 0.25) is 0 Å². The highest BCUT2D eigenvalue weighted by molar-refractivity contribution is 5.59. The average Bonchev–Trinajstić information content (AvgIpc) is 3.17. The molecule has 5 heteroatoms. The molecular formula is C17H20N4O. The summed E-state index contributed by atoms with van der Waals surface area (Å²) < 4.78 is 7.31. The van der Waals surface area contributed by atoms with E-state index in [0.717, 1.165) is 23.6 Å². The summed E-state index contributed by atoms with van der Waals surface area (Å²) in [6.07, 6.45) is 3.75. The zero-order valence-electron chi connectivity index (χ0n) is 12.9. The van der Waals surface area contributed by atoms with E-state index in [1.54, 1.807) is 6.20 Å². The van der Waals surface area contributed by atoms with Crippen LogP contribution in [0.4, 0.5) is 0 Å². The number of benzene rings is 1. The third-order valence-corrected chi connectivity index (χ3v) is 3.55. The van der Waals surface area contributed by atoms with Crippen LogP contribution in [0.25, 0.3) is 11.3 Å². The monoisotopic (exact) mass is 296 g/mol. The van der Waals surface area contributed by atoms with Crippen LogP contribution in [-0.2, 0) is 13.1 Å². The van der Waals surface area contributed by atoms with E-state index in [2.05, 4.69) is 53.7 Å². The van der Waals surface area contributed by atoms with E-state index >= 15 is 0 Å². The fraction of sp³-hybridized carbons (Fsp3) is 0.294. The molecule has 0 spiro atoms. The Morgan fingerprint density at radius 2 is 2.09 bits per heavy atom. The van der Waals surface area contributed by atoms with Crippen LogP contribution in [-0.4, -0.2) is 21.0 Å². The lowest BCUT2D eigenvalue weighted by Crippen LogP contribution is -2.29. The van der Waals surface area contributed by atoms with Crippen LogP contribution < -0.4 is 5.32 Å². The smallest absolute Gasteiger partial charge is 0.151 e. The van der Waals surface area contributed by atoms with Gasteiger partial charge in [-0.15, -0.1) is 0 Å². The number of aryl methyl sites for hydroxylation is 1. The molecule has 0 unspecified atom stereocenters. The molecular weight excluding hydrogens is 276 g/mol. The molecule has 0 saturated carbocycles. The molecule has 0 bridgehead atoms. The van der Waals surface area contributed by atoms with Crippen molar-refractivity contribution in [2.24, 2.45) is 0 Å². The highest BCUT2D eigenvalue weighted by Crippen LogP contribution is 2.19. The first-order chi connectivity index (χ1) is 10.7. The summed E-state index contributed by atoms with van der Waals surface area (Å²) in [6, 6.07) is 12.5. The van der Waals surface area contributed by atoms with Crippen LogP contribution in [0.2, 0.25) is 0 Å². The Morgan fingerprint density at radius 1 is 1.27 bits per heavy atom. The van der Waals surface area contributed by atoms with E-state index in [1.807, 2.05) is 23.0 Å². The normalized spacial score (nSPS) is 12.5. The van der Waals surface area contributed by atoms with Crippen LogP contribution in [0.3, 0.4) is 0 Å². The molecule has 2 aromatic heterocycles. The van der Waals surface area contributed by atoms with Crippen LogP contribution >= 0.6 is 0 Å².